The molecule has 1 atom stereocenters. The molecule has 1 amide bonds. The molecule has 0 aliphatic heterocycles. The molecule has 0 radical (unpaired) electrons. The van der Waals surface area contributed by atoms with E-state index in [1.165, 1.54) is 0 Å². The van der Waals surface area contributed by atoms with Gasteiger partial charge in [-0.25, -0.2) is 0 Å². The maximum atomic E-state index is 11.7. The van der Waals surface area contributed by atoms with Gasteiger partial charge in [-0.15, -0.1) is 0 Å². The van der Waals surface area contributed by atoms with Gasteiger partial charge >= 0.3 is 0 Å². The van der Waals surface area contributed by atoms with Crippen molar-refractivity contribution in [2.45, 2.75) is 20.8 Å². The van der Waals surface area contributed by atoms with Gasteiger partial charge in [-0.2, -0.15) is 0 Å². The first-order chi connectivity index (χ1) is 7.95. The van der Waals surface area contributed by atoms with E-state index in [0.29, 0.717) is 5.69 Å². The smallest absolute Gasteiger partial charge is 0.234 e. The molecule has 1 aromatic heterocycles. The van der Waals surface area contributed by atoms with E-state index in [1.54, 1.807) is 26.0 Å². The van der Waals surface area contributed by atoms with Crippen LogP contribution in [0.25, 0.3) is 0 Å². The fourth-order valence-electron chi connectivity index (χ4n) is 1.28. The number of amidine groups is 1. The maximum Gasteiger partial charge on any atom is 0.234 e. The zero-order valence-corrected chi connectivity index (χ0v) is 10.1. The molecule has 4 N–H and O–H groups in total. The van der Waals surface area contributed by atoms with Crippen molar-refractivity contribution in [2.24, 2.45) is 16.8 Å². The molecule has 1 heterocycles. The van der Waals surface area contributed by atoms with Crippen LogP contribution >= 0.6 is 0 Å². The fourth-order valence-corrected chi connectivity index (χ4v) is 1.28. The van der Waals surface area contributed by atoms with E-state index < -0.39 is 5.92 Å². The van der Waals surface area contributed by atoms with E-state index in [9.17, 15) is 4.79 Å². The molecule has 0 spiro atoms. The summed E-state index contributed by atoms with van der Waals surface area (Å²) in [5.74, 6) is -1.16. The number of oxime groups is 1. The Morgan fingerprint density at radius 1 is 1.53 bits per heavy atom. The highest BCUT2D eigenvalue weighted by atomic mass is 16.4. The predicted molar refractivity (Wildman–Crippen MR) is 64.9 cm³/mol. The van der Waals surface area contributed by atoms with Crippen LogP contribution < -0.4 is 11.1 Å². The molecular formula is C11H16N4O2. The van der Waals surface area contributed by atoms with Crippen LogP contribution in [0.4, 0.5) is 5.69 Å². The molecule has 1 unspecified atom stereocenters. The van der Waals surface area contributed by atoms with E-state index in [2.05, 4.69) is 15.5 Å². The molecule has 0 fully saturated rings. The minimum absolute atomic E-state index is 0.125. The van der Waals surface area contributed by atoms with Crippen LogP contribution in [0.3, 0.4) is 0 Å². The number of anilines is 1. The lowest BCUT2D eigenvalue weighted by molar-refractivity contribution is -0.117. The van der Waals surface area contributed by atoms with Gasteiger partial charge in [0, 0.05) is 5.69 Å². The summed E-state index contributed by atoms with van der Waals surface area (Å²) < 4.78 is 0. The molecule has 92 valence electrons. The first-order valence-corrected chi connectivity index (χ1v) is 5.18. The van der Waals surface area contributed by atoms with Gasteiger partial charge in [0.1, 0.15) is 0 Å². The molecule has 0 saturated carbocycles. The van der Waals surface area contributed by atoms with Gasteiger partial charge in [0.15, 0.2) is 5.84 Å². The number of rotatable bonds is 3. The van der Waals surface area contributed by atoms with Crippen molar-refractivity contribution in [3.8, 4) is 0 Å². The molecule has 0 aliphatic rings. The third-order valence-electron chi connectivity index (χ3n) is 2.44. The van der Waals surface area contributed by atoms with Gasteiger partial charge < -0.3 is 16.3 Å². The molecule has 6 heteroatoms. The summed E-state index contributed by atoms with van der Waals surface area (Å²) in [5.41, 5.74) is 7.59. The summed E-state index contributed by atoms with van der Waals surface area (Å²) in [7, 11) is 0. The summed E-state index contributed by atoms with van der Waals surface area (Å²) in [6.45, 7) is 5.23. The number of carbonyl (C=O) groups is 1. The van der Waals surface area contributed by atoms with Crippen molar-refractivity contribution >= 4 is 17.4 Å². The van der Waals surface area contributed by atoms with E-state index in [0.717, 1.165) is 11.4 Å². The van der Waals surface area contributed by atoms with Crippen LogP contribution in [0.1, 0.15) is 18.3 Å². The van der Waals surface area contributed by atoms with Gasteiger partial charge in [0.2, 0.25) is 5.91 Å². The Balaban J connectivity index is 2.81. The van der Waals surface area contributed by atoms with Crippen molar-refractivity contribution in [3.63, 3.8) is 0 Å². The number of hydrogen-bond acceptors (Lipinski definition) is 4. The number of carbonyl (C=O) groups excluding carboxylic acids is 1. The normalized spacial score (nSPS) is 13.2. The summed E-state index contributed by atoms with van der Waals surface area (Å²) in [6.07, 6.45) is 0. The predicted octanol–water partition coefficient (Wildman–Crippen LogP) is 1.02. The van der Waals surface area contributed by atoms with Crippen molar-refractivity contribution in [1.82, 2.24) is 4.98 Å². The van der Waals surface area contributed by atoms with Gasteiger partial charge in [0.25, 0.3) is 0 Å². The number of nitrogens with two attached hydrogens (primary N) is 1. The van der Waals surface area contributed by atoms with Crippen LogP contribution in [0.15, 0.2) is 17.3 Å². The lowest BCUT2D eigenvalue weighted by Crippen LogP contribution is -2.32. The van der Waals surface area contributed by atoms with Crippen LogP contribution in [0, 0.1) is 19.8 Å². The van der Waals surface area contributed by atoms with E-state index in [1.807, 2.05) is 6.92 Å². The topological polar surface area (TPSA) is 101 Å². The lowest BCUT2D eigenvalue weighted by Gasteiger charge is -2.12. The number of amides is 1. The van der Waals surface area contributed by atoms with Crippen molar-refractivity contribution in [2.75, 3.05) is 5.32 Å². The monoisotopic (exact) mass is 236 g/mol. The number of hydrogen-bond donors (Lipinski definition) is 3. The van der Waals surface area contributed by atoms with E-state index >= 15 is 0 Å². The van der Waals surface area contributed by atoms with E-state index in [4.69, 9.17) is 10.9 Å². The van der Waals surface area contributed by atoms with Gasteiger partial charge in [0.05, 0.1) is 17.3 Å². The summed E-state index contributed by atoms with van der Waals surface area (Å²) >= 11 is 0. The molecule has 1 rings (SSSR count). The zero-order valence-electron chi connectivity index (χ0n) is 10.1. The molecule has 0 saturated heterocycles. The standard InChI is InChI=1S/C11H16N4O2/c1-6-4-5-9(8(3)13-6)14-11(16)7(2)10(12)15-17/h4-5,7,17H,1-3H3,(H2,12,15)(H,14,16). The number of nitrogens with one attached hydrogen (secondary N) is 1. The van der Waals surface area contributed by atoms with Crippen LogP contribution in [-0.4, -0.2) is 21.9 Å². The van der Waals surface area contributed by atoms with Crippen LogP contribution in [0.5, 0.6) is 0 Å². The molecule has 1 aromatic rings. The van der Waals surface area contributed by atoms with Gasteiger partial charge in [-0.1, -0.05) is 5.16 Å². The maximum absolute atomic E-state index is 11.7. The van der Waals surface area contributed by atoms with Crippen LogP contribution in [-0.2, 0) is 4.79 Å². The zero-order chi connectivity index (χ0) is 13.0. The highest BCUT2D eigenvalue weighted by molar-refractivity contribution is 6.07. The Labute approximate surface area is 99.5 Å². The largest absolute Gasteiger partial charge is 0.409 e. The Morgan fingerprint density at radius 3 is 2.71 bits per heavy atom. The summed E-state index contributed by atoms with van der Waals surface area (Å²) in [5, 5.41) is 14.0. The minimum Gasteiger partial charge on any atom is -0.409 e. The van der Waals surface area contributed by atoms with Crippen LogP contribution in [0.2, 0.25) is 0 Å². The molecule has 0 aliphatic carbocycles. The Hall–Kier alpha value is -2.11. The number of pyridine rings is 1. The second-order valence-electron chi connectivity index (χ2n) is 3.82. The third-order valence-corrected chi connectivity index (χ3v) is 2.44. The molecule has 6 nitrogen and oxygen atoms in total. The number of nitrogens with zero attached hydrogens (tertiary/aromatic N) is 2. The first kappa shape index (κ1) is 13.0. The number of aryl methyl sites for hydroxylation is 2. The first-order valence-electron chi connectivity index (χ1n) is 5.18. The fraction of sp³-hybridized carbons (Fsp3) is 0.364. The second-order valence-corrected chi connectivity index (χ2v) is 3.82. The third kappa shape index (κ3) is 3.17. The average Bonchev–Trinajstić information content (AvgIpc) is 2.30. The highest BCUT2D eigenvalue weighted by Gasteiger charge is 2.18. The molecule has 17 heavy (non-hydrogen) atoms. The number of aromatic nitrogens is 1. The van der Waals surface area contributed by atoms with Gasteiger partial charge in [-0.3, -0.25) is 9.78 Å². The van der Waals surface area contributed by atoms with E-state index in [-0.39, 0.29) is 11.7 Å². The second kappa shape index (κ2) is 5.29. The Kier molecular flexibility index (Phi) is 4.03. The lowest BCUT2D eigenvalue weighted by atomic mass is 10.1. The highest BCUT2D eigenvalue weighted by Crippen LogP contribution is 2.13. The molecule has 0 bridgehead atoms. The average molecular weight is 236 g/mol. The SMILES string of the molecule is Cc1ccc(NC(=O)C(C)C(N)=NO)c(C)n1. The Morgan fingerprint density at radius 2 is 2.18 bits per heavy atom. The van der Waals surface area contributed by atoms with Crippen molar-refractivity contribution < 1.29 is 10.0 Å². The molecular weight excluding hydrogens is 220 g/mol. The van der Waals surface area contributed by atoms with Gasteiger partial charge in [-0.05, 0) is 32.9 Å². The van der Waals surface area contributed by atoms with Crippen molar-refractivity contribution in [1.29, 1.82) is 0 Å². The molecule has 0 aromatic carbocycles. The summed E-state index contributed by atoms with van der Waals surface area (Å²) in [6, 6.07) is 3.57. The Bertz CT molecular complexity index is 457. The minimum atomic E-state index is -0.694. The quantitative estimate of drug-likeness (QED) is 0.315. The van der Waals surface area contributed by atoms with Crippen molar-refractivity contribution in [3.05, 3.63) is 23.5 Å². The summed E-state index contributed by atoms with van der Waals surface area (Å²) in [4.78, 5) is 16.0.